The van der Waals surface area contributed by atoms with Gasteiger partial charge in [-0.3, -0.25) is 4.98 Å². The Morgan fingerprint density at radius 3 is 2.94 bits per heavy atom. The Morgan fingerprint density at radius 2 is 2.19 bits per heavy atom. The number of methoxy groups -OCH3 is 1. The van der Waals surface area contributed by atoms with E-state index in [-0.39, 0.29) is 0 Å². The Kier molecular flexibility index (Phi) is 3.39. The highest BCUT2D eigenvalue weighted by Crippen LogP contribution is 2.25. The molecule has 0 saturated heterocycles. The van der Waals surface area contributed by atoms with Crippen LogP contribution in [0.2, 0.25) is 0 Å². The summed E-state index contributed by atoms with van der Waals surface area (Å²) in [4.78, 5) is 8.78. The summed E-state index contributed by atoms with van der Waals surface area (Å²) < 4.78 is 5.46. The van der Waals surface area contributed by atoms with Gasteiger partial charge in [-0.2, -0.15) is 0 Å². The van der Waals surface area contributed by atoms with E-state index in [1.165, 1.54) is 6.42 Å². The molecule has 2 unspecified atom stereocenters. The van der Waals surface area contributed by atoms with Crippen LogP contribution in [0.15, 0.2) is 6.20 Å². The maximum atomic E-state index is 5.46. The summed E-state index contributed by atoms with van der Waals surface area (Å²) in [7, 11) is 1.78. The van der Waals surface area contributed by atoms with Crippen molar-refractivity contribution in [3.63, 3.8) is 0 Å². The first-order valence-corrected chi connectivity index (χ1v) is 5.80. The van der Waals surface area contributed by atoms with Crippen LogP contribution in [0.25, 0.3) is 0 Å². The van der Waals surface area contributed by atoms with Crippen LogP contribution >= 0.6 is 0 Å². The van der Waals surface area contributed by atoms with Crippen molar-refractivity contribution in [1.82, 2.24) is 9.97 Å². The van der Waals surface area contributed by atoms with Gasteiger partial charge in [-0.25, -0.2) is 4.98 Å². The van der Waals surface area contributed by atoms with Crippen molar-refractivity contribution in [2.45, 2.75) is 45.3 Å². The van der Waals surface area contributed by atoms with Crippen LogP contribution in [0.4, 0.5) is 5.82 Å². The van der Waals surface area contributed by atoms with E-state index >= 15 is 0 Å². The number of anilines is 1. The average Bonchev–Trinajstić information content (AvgIpc) is 2.71. The normalized spacial score (nSPS) is 24.7. The number of ether oxygens (including phenoxy) is 1. The van der Waals surface area contributed by atoms with Gasteiger partial charge in [0.2, 0.25) is 0 Å². The zero-order chi connectivity index (χ0) is 11.5. The Balaban J connectivity index is 2.11. The van der Waals surface area contributed by atoms with Crippen LogP contribution in [0.1, 0.15) is 30.7 Å². The van der Waals surface area contributed by atoms with E-state index < -0.39 is 0 Å². The van der Waals surface area contributed by atoms with Crippen LogP contribution in [0, 0.1) is 13.8 Å². The van der Waals surface area contributed by atoms with E-state index in [1.54, 1.807) is 13.3 Å². The molecule has 2 atom stereocenters. The first kappa shape index (κ1) is 11.3. The summed E-state index contributed by atoms with van der Waals surface area (Å²) in [6.45, 7) is 3.94. The maximum absolute atomic E-state index is 5.46. The van der Waals surface area contributed by atoms with Crippen molar-refractivity contribution < 1.29 is 4.74 Å². The molecule has 1 aromatic rings. The number of nitrogens with one attached hydrogen (secondary N) is 1. The van der Waals surface area contributed by atoms with E-state index in [4.69, 9.17) is 4.74 Å². The number of aromatic nitrogens is 2. The first-order chi connectivity index (χ1) is 7.70. The van der Waals surface area contributed by atoms with Gasteiger partial charge in [0, 0.05) is 13.3 Å². The predicted octanol–water partition coefficient (Wildman–Crippen LogP) is 2.07. The molecule has 1 aliphatic carbocycles. The van der Waals surface area contributed by atoms with Crippen molar-refractivity contribution in [3.05, 3.63) is 17.6 Å². The molecular weight excluding hydrogens is 202 g/mol. The van der Waals surface area contributed by atoms with Gasteiger partial charge < -0.3 is 10.1 Å². The fourth-order valence-electron chi connectivity index (χ4n) is 2.22. The lowest BCUT2D eigenvalue weighted by molar-refractivity contribution is 0.101. The van der Waals surface area contributed by atoms with E-state index in [1.807, 2.05) is 13.8 Å². The number of hydrogen-bond donors (Lipinski definition) is 1. The van der Waals surface area contributed by atoms with Gasteiger partial charge in [0.15, 0.2) is 0 Å². The third-order valence-electron chi connectivity index (χ3n) is 3.15. The molecule has 0 bridgehead atoms. The number of rotatable bonds is 3. The third kappa shape index (κ3) is 2.32. The SMILES string of the molecule is COC1CCCC1Nc1nc(C)cnc1C. The highest BCUT2D eigenvalue weighted by Gasteiger charge is 2.27. The second kappa shape index (κ2) is 4.78. The van der Waals surface area contributed by atoms with E-state index in [9.17, 15) is 0 Å². The van der Waals surface area contributed by atoms with Gasteiger partial charge >= 0.3 is 0 Å². The van der Waals surface area contributed by atoms with Gasteiger partial charge in [0.05, 0.1) is 23.5 Å². The van der Waals surface area contributed by atoms with Crippen molar-refractivity contribution in [2.24, 2.45) is 0 Å². The average molecular weight is 221 g/mol. The van der Waals surface area contributed by atoms with Crippen molar-refractivity contribution in [3.8, 4) is 0 Å². The lowest BCUT2D eigenvalue weighted by Gasteiger charge is -2.21. The fourth-order valence-corrected chi connectivity index (χ4v) is 2.22. The van der Waals surface area contributed by atoms with Crippen LogP contribution < -0.4 is 5.32 Å². The van der Waals surface area contributed by atoms with Crippen LogP contribution in [0.3, 0.4) is 0 Å². The van der Waals surface area contributed by atoms with Crippen molar-refractivity contribution >= 4 is 5.82 Å². The van der Waals surface area contributed by atoms with Crippen molar-refractivity contribution in [2.75, 3.05) is 12.4 Å². The minimum absolute atomic E-state index is 0.307. The molecule has 1 N–H and O–H groups in total. The number of nitrogens with zero attached hydrogens (tertiary/aromatic N) is 2. The largest absolute Gasteiger partial charge is 0.379 e. The molecule has 0 spiro atoms. The Morgan fingerprint density at radius 1 is 1.38 bits per heavy atom. The van der Waals surface area contributed by atoms with Crippen LogP contribution in [-0.2, 0) is 4.74 Å². The zero-order valence-electron chi connectivity index (χ0n) is 10.2. The lowest BCUT2D eigenvalue weighted by atomic mass is 10.2. The quantitative estimate of drug-likeness (QED) is 0.848. The molecule has 1 aromatic heterocycles. The molecule has 2 rings (SSSR count). The molecule has 1 saturated carbocycles. The third-order valence-corrected chi connectivity index (χ3v) is 3.15. The Hall–Kier alpha value is -1.16. The molecule has 1 heterocycles. The summed E-state index contributed by atoms with van der Waals surface area (Å²) in [6.07, 6.45) is 5.60. The molecule has 0 aliphatic heterocycles. The van der Waals surface area contributed by atoms with Crippen LogP contribution in [0.5, 0.6) is 0 Å². The molecule has 16 heavy (non-hydrogen) atoms. The molecule has 4 heteroatoms. The lowest BCUT2D eigenvalue weighted by Crippen LogP contribution is -2.30. The minimum Gasteiger partial charge on any atom is -0.379 e. The molecular formula is C12H19N3O. The summed E-state index contributed by atoms with van der Waals surface area (Å²) >= 11 is 0. The predicted molar refractivity (Wildman–Crippen MR) is 63.6 cm³/mol. The van der Waals surface area contributed by atoms with E-state index in [0.29, 0.717) is 12.1 Å². The molecule has 0 amide bonds. The zero-order valence-corrected chi connectivity index (χ0v) is 10.2. The minimum atomic E-state index is 0.307. The molecule has 0 radical (unpaired) electrons. The Bertz CT molecular complexity index is 367. The molecule has 4 nitrogen and oxygen atoms in total. The standard InChI is InChI=1S/C12H19N3O/c1-8-7-13-9(2)12(14-8)15-10-5-4-6-11(10)16-3/h7,10-11H,4-6H2,1-3H3,(H,14,15). The fraction of sp³-hybridized carbons (Fsp3) is 0.667. The Labute approximate surface area is 96.4 Å². The number of hydrogen-bond acceptors (Lipinski definition) is 4. The molecule has 1 fully saturated rings. The highest BCUT2D eigenvalue weighted by molar-refractivity contribution is 5.41. The second-order valence-electron chi connectivity index (χ2n) is 4.40. The van der Waals surface area contributed by atoms with Gasteiger partial charge in [-0.15, -0.1) is 0 Å². The van der Waals surface area contributed by atoms with Crippen molar-refractivity contribution in [1.29, 1.82) is 0 Å². The highest BCUT2D eigenvalue weighted by atomic mass is 16.5. The molecule has 0 aromatic carbocycles. The summed E-state index contributed by atoms with van der Waals surface area (Å²) in [5.41, 5.74) is 1.90. The summed E-state index contributed by atoms with van der Waals surface area (Å²) in [6, 6.07) is 0.375. The second-order valence-corrected chi connectivity index (χ2v) is 4.40. The monoisotopic (exact) mass is 221 g/mol. The molecule has 1 aliphatic rings. The van der Waals surface area contributed by atoms with Gasteiger partial charge in [0.1, 0.15) is 5.82 Å². The topological polar surface area (TPSA) is 47.0 Å². The maximum Gasteiger partial charge on any atom is 0.148 e. The van der Waals surface area contributed by atoms with E-state index in [0.717, 1.165) is 30.0 Å². The first-order valence-electron chi connectivity index (χ1n) is 5.80. The summed E-state index contributed by atoms with van der Waals surface area (Å²) in [5.74, 6) is 0.897. The smallest absolute Gasteiger partial charge is 0.148 e. The summed E-state index contributed by atoms with van der Waals surface area (Å²) in [5, 5.41) is 3.45. The van der Waals surface area contributed by atoms with E-state index in [2.05, 4.69) is 15.3 Å². The van der Waals surface area contributed by atoms with Crippen LogP contribution in [-0.4, -0.2) is 29.2 Å². The van der Waals surface area contributed by atoms with Gasteiger partial charge in [-0.05, 0) is 33.1 Å². The molecule has 88 valence electrons. The van der Waals surface area contributed by atoms with Gasteiger partial charge in [0.25, 0.3) is 0 Å². The van der Waals surface area contributed by atoms with Gasteiger partial charge in [-0.1, -0.05) is 0 Å². The number of aryl methyl sites for hydroxylation is 2.